The molecule has 0 unspecified atom stereocenters. The molecule has 0 aliphatic heterocycles. The van der Waals surface area contributed by atoms with Crippen LogP contribution in [0.3, 0.4) is 0 Å². The molecule has 0 saturated heterocycles. The highest BCUT2D eigenvalue weighted by atomic mass is 16.3. The number of Topliss-reactive ketones (excluding diaryl/α,β-unsaturated/α-hetero) is 1. The Morgan fingerprint density at radius 1 is 1.44 bits per heavy atom. The number of fused-ring (bicyclic) bond motifs is 1. The predicted molar refractivity (Wildman–Crippen MR) is 67.3 cm³/mol. The third kappa shape index (κ3) is 1.62. The van der Waals surface area contributed by atoms with Gasteiger partial charge in [0, 0.05) is 41.9 Å². The molecule has 0 atom stereocenters. The monoisotopic (exact) mass is 240 g/mol. The molecule has 0 bridgehead atoms. The average molecular weight is 240 g/mol. The van der Waals surface area contributed by atoms with E-state index in [2.05, 4.69) is 5.10 Å². The Hall–Kier alpha value is -2.36. The lowest BCUT2D eigenvalue weighted by molar-refractivity contribution is 0.104. The van der Waals surface area contributed by atoms with Crippen molar-refractivity contribution in [1.82, 2.24) is 9.78 Å². The van der Waals surface area contributed by atoms with E-state index < -0.39 is 0 Å². The molecule has 1 aliphatic rings. The van der Waals surface area contributed by atoms with E-state index in [1.807, 2.05) is 19.3 Å². The van der Waals surface area contributed by atoms with Crippen LogP contribution in [0.4, 0.5) is 0 Å². The Morgan fingerprint density at radius 3 is 2.94 bits per heavy atom. The Balaban J connectivity index is 2.02. The van der Waals surface area contributed by atoms with Gasteiger partial charge < -0.3 is 5.11 Å². The van der Waals surface area contributed by atoms with Gasteiger partial charge in [-0.15, -0.1) is 0 Å². The Morgan fingerprint density at radius 2 is 2.28 bits per heavy atom. The summed E-state index contributed by atoms with van der Waals surface area (Å²) in [5.74, 6) is 0.181. The lowest BCUT2D eigenvalue weighted by atomic mass is 10.1. The van der Waals surface area contributed by atoms with Crippen LogP contribution in [-0.2, 0) is 13.5 Å². The summed E-state index contributed by atoms with van der Waals surface area (Å²) >= 11 is 0. The van der Waals surface area contributed by atoms with Gasteiger partial charge in [0.05, 0.1) is 6.20 Å². The van der Waals surface area contributed by atoms with E-state index in [1.165, 1.54) is 0 Å². The van der Waals surface area contributed by atoms with Gasteiger partial charge in [-0.25, -0.2) is 0 Å². The second-order valence-corrected chi connectivity index (χ2v) is 4.43. The Kier molecular flexibility index (Phi) is 2.30. The smallest absolute Gasteiger partial charge is 0.189 e. The molecule has 90 valence electrons. The lowest BCUT2D eigenvalue weighted by Gasteiger charge is -1.97. The van der Waals surface area contributed by atoms with Crippen LogP contribution >= 0.6 is 0 Å². The van der Waals surface area contributed by atoms with Gasteiger partial charge in [-0.1, -0.05) is 12.1 Å². The minimum absolute atomic E-state index is 0.00949. The van der Waals surface area contributed by atoms with Gasteiger partial charge in [0.25, 0.3) is 0 Å². The first-order valence-corrected chi connectivity index (χ1v) is 5.70. The van der Waals surface area contributed by atoms with Crippen molar-refractivity contribution in [2.24, 2.45) is 7.05 Å². The molecule has 18 heavy (non-hydrogen) atoms. The third-order valence-electron chi connectivity index (χ3n) is 3.12. The number of nitrogens with zero attached hydrogens (tertiary/aromatic N) is 2. The molecule has 0 saturated carbocycles. The number of aryl methyl sites for hydroxylation is 1. The Bertz CT molecular complexity index is 668. The number of phenolic OH excluding ortho intramolecular Hbond substituents is 1. The van der Waals surface area contributed by atoms with Crippen molar-refractivity contribution in [3.8, 4) is 5.75 Å². The van der Waals surface area contributed by atoms with Gasteiger partial charge in [-0.2, -0.15) is 5.10 Å². The molecular formula is C14H12N2O2. The first kappa shape index (κ1) is 10.8. The van der Waals surface area contributed by atoms with E-state index >= 15 is 0 Å². The number of aromatic nitrogens is 2. The van der Waals surface area contributed by atoms with E-state index in [0.29, 0.717) is 17.6 Å². The van der Waals surface area contributed by atoms with Crippen LogP contribution in [0.1, 0.15) is 21.5 Å². The largest absolute Gasteiger partial charge is 0.508 e. The normalized spacial score (nSPS) is 16.3. The number of carbonyl (C=O) groups is 1. The lowest BCUT2D eigenvalue weighted by Crippen LogP contribution is -1.94. The zero-order chi connectivity index (χ0) is 12.7. The zero-order valence-electron chi connectivity index (χ0n) is 9.92. The molecule has 1 heterocycles. The van der Waals surface area contributed by atoms with Gasteiger partial charge in [-0.05, 0) is 12.1 Å². The van der Waals surface area contributed by atoms with Crippen molar-refractivity contribution < 1.29 is 9.90 Å². The zero-order valence-corrected chi connectivity index (χ0v) is 9.92. The standard InChI is InChI=1S/C14H12N2O2/c1-16-8-9(7-15-16)5-10-6-12-11(14(10)18)3-2-4-13(12)17/h2-5,7-8,17H,6H2,1H3. The summed E-state index contributed by atoms with van der Waals surface area (Å²) in [6.45, 7) is 0. The number of aromatic hydroxyl groups is 1. The van der Waals surface area contributed by atoms with Crippen LogP contribution in [-0.4, -0.2) is 20.7 Å². The minimum Gasteiger partial charge on any atom is -0.508 e. The highest BCUT2D eigenvalue weighted by Crippen LogP contribution is 2.33. The fourth-order valence-corrected chi connectivity index (χ4v) is 2.25. The topological polar surface area (TPSA) is 55.1 Å². The number of allylic oxidation sites excluding steroid dienone is 1. The van der Waals surface area contributed by atoms with Crippen molar-refractivity contribution in [3.63, 3.8) is 0 Å². The minimum atomic E-state index is -0.00949. The van der Waals surface area contributed by atoms with Gasteiger partial charge in [0.1, 0.15) is 5.75 Å². The summed E-state index contributed by atoms with van der Waals surface area (Å²) in [5, 5.41) is 13.8. The summed E-state index contributed by atoms with van der Waals surface area (Å²) in [6.07, 6.45) is 5.87. The SMILES string of the molecule is Cn1cc(C=C2Cc3c(O)cccc3C2=O)cn1. The average Bonchev–Trinajstić information content (AvgIpc) is 2.88. The summed E-state index contributed by atoms with van der Waals surface area (Å²) in [7, 11) is 1.83. The number of hydrogen-bond acceptors (Lipinski definition) is 3. The summed E-state index contributed by atoms with van der Waals surface area (Å²) in [5.41, 5.74) is 2.91. The maximum atomic E-state index is 12.2. The van der Waals surface area contributed by atoms with Crippen molar-refractivity contribution >= 4 is 11.9 Å². The van der Waals surface area contributed by atoms with Crippen molar-refractivity contribution in [2.75, 3.05) is 0 Å². The molecule has 2 aromatic rings. The highest BCUT2D eigenvalue weighted by molar-refractivity contribution is 6.15. The van der Waals surface area contributed by atoms with Gasteiger partial charge in [-0.3, -0.25) is 9.48 Å². The van der Waals surface area contributed by atoms with Crippen LogP contribution in [0.25, 0.3) is 6.08 Å². The molecule has 0 spiro atoms. The number of ketones is 1. The van der Waals surface area contributed by atoms with Crippen LogP contribution in [0.15, 0.2) is 36.2 Å². The molecule has 4 nitrogen and oxygen atoms in total. The van der Waals surface area contributed by atoms with E-state index in [1.54, 1.807) is 29.1 Å². The maximum absolute atomic E-state index is 12.2. The molecular weight excluding hydrogens is 228 g/mol. The third-order valence-corrected chi connectivity index (χ3v) is 3.12. The van der Waals surface area contributed by atoms with Crippen molar-refractivity contribution in [3.05, 3.63) is 52.9 Å². The quantitative estimate of drug-likeness (QED) is 0.775. The van der Waals surface area contributed by atoms with E-state index in [0.717, 1.165) is 11.1 Å². The first-order valence-electron chi connectivity index (χ1n) is 5.70. The number of benzene rings is 1. The molecule has 3 rings (SSSR count). The maximum Gasteiger partial charge on any atom is 0.189 e. The van der Waals surface area contributed by atoms with Gasteiger partial charge in [0.2, 0.25) is 0 Å². The number of carbonyl (C=O) groups excluding carboxylic acids is 1. The van der Waals surface area contributed by atoms with Gasteiger partial charge in [0.15, 0.2) is 5.78 Å². The number of rotatable bonds is 1. The van der Waals surface area contributed by atoms with Crippen LogP contribution in [0.5, 0.6) is 5.75 Å². The van der Waals surface area contributed by atoms with Crippen LogP contribution in [0, 0.1) is 0 Å². The molecule has 4 heteroatoms. The number of hydrogen-bond donors (Lipinski definition) is 1. The van der Waals surface area contributed by atoms with Crippen molar-refractivity contribution in [2.45, 2.75) is 6.42 Å². The number of phenols is 1. The highest BCUT2D eigenvalue weighted by Gasteiger charge is 2.26. The molecule has 1 aromatic carbocycles. The second kappa shape index (κ2) is 3.84. The fourth-order valence-electron chi connectivity index (χ4n) is 2.25. The van der Waals surface area contributed by atoms with Crippen LogP contribution in [0.2, 0.25) is 0 Å². The van der Waals surface area contributed by atoms with Gasteiger partial charge >= 0.3 is 0 Å². The predicted octanol–water partition coefficient (Wildman–Crippen LogP) is 1.95. The second-order valence-electron chi connectivity index (χ2n) is 4.43. The first-order chi connectivity index (χ1) is 8.65. The fraction of sp³-hybridized carbons (Fsp3) is 0.143. The van der Waals surface area contributed by atoms with Crippen molar-refractivity contribution in [1.29, 1.82) is 0 Å². The molecule has 1 aliphatic carbocycles. The van der Waals surface area contributed by atoms with E-state index in [-0.39, 0.29) is 11.5 Å². The van der Waals surface area contributed by atoms with E-state index in [4.69, 9.17) is 0 Å². The molecule has 0 amide bonds. The molecule has 0 radical (unpaired) electrons. The van der Waals surface area contributed by atoms with E-state index in [9.17, 15) is 9.90 Å². The summed E-state index contributed by atoms with van der Waals surface area (Å²) < 4.78 is 1.69. The molecule has 1 aromatic heterocycles. The summed E-state index contributed by atoms with van der Waals surface area (Å²) in [4.78, 5) is 12.2. The molecule has 1 N–H and O–H groups in total. The summed E-state index contributed by atoms with van der Waals surface area (Å²) in [6, 6.07) is 5.06. The van der Waals surface area contributed by atoms with Crippen LogP contribution < -0.4 is 0 Å². The molecule has 0 fully saturated rings. The Labute approximate surface area is 104 Å².